The van der Waals surface area contributed by atoms with Gasteiger partial charge in [0.1, 0.15) is 0 Å². The molecule has 0 amide bonds. The van der Waals surface area contributed by atoms with Gasteiger partial charge in [-0.05, 0) is 30.0 Å². The lowest BCUT2D eigenvalue weighted by Gasteiger charge is -2.34. The van der Waals surface area contributed by atoms with Crippen LogP contribution in [0.3, 0.4) is 0 Å². The summed E-state index contributed by atoms with van der Waals surface area (Å²) < 4.78 is 0. The molecule has 2 nitrogen and oxygen atoms in total. The van der Waals surface area contributed by atoms with Crippen molar-refractivity contribution in [2.45, 2.75) is 12.8 Å². The number of nitrogens with zero attached hydrogens (tertiary/aromatic N) is 2. The predicted molar refractivity (Wildman–Crippen MR) is 113 cm³/mol. The SMILES string of the molecule is Cl.Cl.Clc1ccccc1CCN1CCN(CCc2ccccc2)CC1. The number of hydrogen-bond donors (Lipinski definition) is 0. The van der Waals surface area contributed by atoms with Gasteiger partial charge in [-0.1, -0.05) is 60.1 Å². The summed E-state index contributed by atoms with van der Waals surface area (Å²) >= 11 is 6.24. The highest BCUT2D eigenvalue weighted by atomic mass is 35.5. The molecule has 25 heavy (non-hydrogen) atoms. The third-order valence-corrected chi connectivity index (χ3v) is 5.05. The first kappa shape index (κ1) is 22.3. The Bertz CT molecular complexity index is 599. The molecule has 0 saturated carbocycles. The first-order chi connectivity index (χ1) is 11.3. The molecule has 0 unspecified atom stereocenters. The molecular formula is C20H27Cl3N2. The standard InChI is InChI=1S/C20H25ClN2.2ClH/c21-20-9-5-4-8-19(20)11-13-23-16-14-22(15-17-23)12-10-18-6-2-1-3-7-18;;/h1-9H,10-17H2;2*1H. The average Bonchev–Trinajstić information content (AvgIpc) is 2.61. The van der Waals surface area contributed by atoms with E-state index in [1.54, 1.807) is 0 Å². The van der Waals surface area contributed by atoms with Crippen molar-refractivity contribution >= 4 is 36.4 Å². The maximum Gasteiger partial charge on any atom is 0.0438 e. The Kier molecular flexibility index (Phi) is 10.5. The molecule has 0 aromatic heterocycles. The van der Waals surface area contributed by atoms with Crippen LogP contribution in [0.25, 0.3) is 0 Å². The molecule has 5 heteroatoms. The molecule has 2 aromatic carbocycles. The van der Waals surface area contributed by atoms with Gasteiger partial charge in [-0.3, -0.25) is 0 Å². The minimum absolute atomic E-state index is 0. The van der Waals surface area contributed by atoms with Crippen molar-refractivity contribution in [3.63, 3.8) is 0 Å². The number of piperazine rings is 1. The van der Waals surface area contributed by atoms with Gasteiger partial charge in [-0.15, -0.1) is 24.8 Å². The van der Waals surface area contributed by atoms with E-state index in [0.717, 1.165) is 24.4 Å². The van der Waals surface area contributed by atoms with Crippen molar-refractivity contribution in [2.75, 3.05) is 39.3 Å². The summed E-state index contributed by atoms with van der Waals surface area (Å²) in [5.41, 5.74) is 2.70. The highest BCUT2D eigenvalue weighted by Gasteiger charge is 2.16. The van der Waals surface area contributed by atoms with Gasteiger partial charge in [0, 0.05) is 44.3 Å². The maximum absolute atomic E-state index is 6.24. The summed E-state index contributed by atoms with van der Waals surface area (Å²) in [5, 5.41) is 0.897. The first-order valence-electron chi connectivity index (χ1n) is 8.53. The molecule has 0 spiro atoms. The fourth-order valence-electron chi connectivity index (χ4n) is 3.15. The normalized spacial score (nSPS) is 15.2. The number of halogens is 3. The molecule has 1 saturated heterocycles. The second kappa shape index (κ2) is 11.8. The quantitative estimate of drug-likeness (QED) is 0.698. The van der Waals surface area contributed by atoms with Crippen LogP contribution in [0.4, 0.5) is 0 Å². The third-order valence-electron chi connectivity index (χ3n) is 4.68. The van der Waals surface area contributed by atoms with E-state index in [2.05, 4.69) is 52.3 Å². The minimum atomic E-state index is 0. The molecule has 0 aliphatic carbocycles. The minimum Gasteiger partial charge on any atom is -0.300 e. The fraction of sp³-hybridized carbons (Fsp3) is 0.400. The van der Waals surface area contributed by atoms with E-state index >= 15 is 0 Å². The molecule has 0 bridgehead atoms. The van der Waals surface area contributed by atoms with E-state index in [1.807, 2.05) is 12.1 Å². The molecule has 1 heterocycles. The van der Waals surface area contributed by atoms with Gasteiger partial charge in [0.05, 0.1) is 0 Å². The zero-order valence-corrected chi connectivity index (χ0v) is 16.8. The van der Waals surface area contributed by atoms with Gasteiger partial charge in [-0.25, -0.2) is 0 Å². The first-order valence-corrected chi connectivity index (χ1v) is 8.91. The smallest absolute Gasteiger partial charge is 0.0438 e. The number of benzene rings is 2. The lowest BCUT2D eigenvalue weighted by Crippen LogP contribution is -2.47. The Balaban J connectivity index is 0.00000156. The summed E-state index contributed by atoms with van der Waals surface area (Å²) in [5.74, 6) is 0. The molecule has 0 radical (unpaired) electrons. The molecule has 0 N–H and O–H groups in total. The Morgan fingerprint density at radius 3 is 1.80 bits per heavy atom. The average molecular weight is 402 g/mol. The summed E-state index contributed by atoms with van der Waals surface area (Å²) in [6.45, 7) is 6.96. The van der Waals surface area contributed by atoms with Gasteiger partial charge >= 0.3 is 0 Å². The van der Waals surface area contributed by atoms with Gasteiger partial charge < -0.3 is 9.80 Å². The van der Waals surface area contributed by atoms with Crippen molar-refractivity contribution in [3.8, 4) is 0 Å². The van der Waals surface area contributed by atoms with Crippen LogP contribution in [0.2, 0.25) is 5.02 Å². The van der Waals surface area contributed by atoms with Gasteiger partial charge in [0.25, 0.3) is 0 Å². The Hall–Kier alpha value is -0.770. The second-order valence-electron chi connectivity index (χ2n) is 6.26. The largest absolute Gasteiger partial charge is 0.300 e. The molecule has 1 fully saturated rings. The van der Waals surface area contributed by atoms with Gasteiger partial charge in [-0.2, -0.15) is 0 Å². The Labute approximate surface area is 169 Å². The van der Waals surface area contributed by atoms with Crippen LogP contribution in [-0.4, -0.2) is 49.1 Å². The van der Waals surface area contributed by atoms with Gasteiger partial charge in [0.15, 0.2) is 0 Å². The molecule has 0 atom stereocenters. The van der Waals surface area contributed by atoms with Crippen LogP contribution in [0.5, 0.6) is 0 Å². The summed E-state index contributed by atoms with van der Waals surface area (Å²) in [4.78, 5) is 5.14. The molecule has 2 aromatic rings. The van der Waals surface area contributed by atoms with Crippen molar-refractivity contribution in [2.24, 2.45) is 0 Å². The second-order valence-corrected chi connectivity index (χ2v) is 6.67. The molecule has 3 rings (SSSR count). The van der Waals surface area contributed by atoms with E-state index < -0.39 is 0 Å². The Morgan fingerprint density at radius 2 is 1.20 bits per heavy atom. The number of rotatable bonds is 6. The van der Waals surface area contributed by atoms with Crippen LogP contribution < -0.4 is 0 Å². The van der Waals surface area contributed by atoms with Crippen LogP contribution in [0.15, 0.2) is 54.6 Å². The molecular weight excluding hydrogens is 375 g/mol. The van der Waals surface area contributed by atoms with Crippen LogP contribution in [-0.2, 0) is 12.8 Å². The van der Waals surface area contributed by atoms with E-state index in [9.17, 15) is 0 Å². The van der Waals surface area contributed by atoms with Gasteiger partial charge in [0.2, 0.25) is 0 Å². The van der Waals surface area contributed by atoms with E-state index in [4.69, 9.17) is 11.6 Å². The van der Waals surface area contributed by atoms with E-state index in [1.165, 1.54) is 43.9 Å². The van der Waals surface area contributed by atoms with E-state index in [-0.39, 0.29) is 24.8 Å². The molecule has 1 aliphatic heterocycles. The fourth-order valence-corrected chi connectivity index (χ4v) is 3.38. The summed E-state index contributed by atoms with van der Waals surface area (Å²) in [7, 11) is 0. The molecule has 138 valence electrons. The lowest BCUT2D eigenvalue weighted by molar-refractivity contribution is 0.134. The topological polar surface area (TPSA) is 6.48 Å². The summed E-state index contributed by atoms with van der Waals surface area (Å²) in [6, 6.07) is 19.0. The molecule has 1 aliphatic rings. The lowest BCUT2D eigenvalue weighted by atomic mass is 10.1. The van der Waals surface area contributed by atoms with E-state index in [0.29, 0.717) is 0 Å². The summed E-state index contributed by atoms with van der Waals surface area (Å²) in [6.07, 6.45) is 2.20. The van der Waals surface area contributed by atoms with Crippen molar-refractivity contribution in [3.05, 3.63) is 70.7 Å². The van der Waals surface area contributed by atoms with Crippen molar-refractivity contribution in [1.82, 2.24) is 9.80 Å². The monoisotopic (exact) mass is 400 g/mol. The van der Waals surface area contributed by atoms with Crippen LogP contribution >= 0.6 is 36.4 Å². The highest BCUT2D eigenvalue weighted by molar-refractivity contribution is 6.31. The maximum atomic E-state index is 6.24. The van der Waals surface area contributed by atoms with Crippen LogP contribution in [0, 0.1) is 0 Å². The highest BCUT2D eigenvalue weighted by Crippen LogP contribution is 2.16. The predicted octanol–water partition coefficient (Wildman–Crippen LogP) is 4.59. The zero-order chi connectivity index (χ0) is 15.9. The number of hydrogen-bond acceptors (Lipinski definition) is 2. The van der Waals surface area contributed by atoms with Crippen molar-refractivity contribution in [1.29, 1.82) is 0 Å². The van der Waals surface area contributed by atoms with Crippen molar-refractivity contribution < 1.29 is 0 Å². The third kappa shape index (κ3) is 7.16. The Morgan fingerprint density at radius 1 is 0.680 bits per heavy atom. The zero-order valence-electron chi connectivity index (χ0n) is 14.4. The van der Waals surface area contributed by atoms with Crippen LogP contribution in [0.1, 0.15) is 11.1 Å².